The van der Waals surface area contributed by atoms with E-state index in [0.717, 1.165) is 11.6 Å². The minimum absolute atomic E-state index is 0.0862. The summed E-state index contributed by atoms with van der Waals surface area (Å²) in [7, 11) is 0. The van der Waals surface area contributed by atoms with E-state index in [1.165, 1.54) is 0 Å². The second kappa shape index (κ2) is 6.40. The lowest BCUT2D eigenvalue weighted by molar-refractivity contribution is -0.113. The lowest BCUT2D eigenvalue weighted by atomic mass is 10.2. The van der Waals surface area contributed by atoms with Crippen LogP contribution in [0.15, 0.2) is 43.0 Å². The molecule has 0 spiro atoms. The molecule has 0 saturated carbocycles. The average Bonchev–Trinajstić information content (AvgIpc) is 2.34. The number of ketones is 1. The number of hydrogen-bond acceptors (Lipinski definition) is 3. The molecule has 0 fully saturated rings. The van der Waals surface area contributed by atoms with Crippen molar-refractivity contribution in [2.45, 2.75) is 6.61 Å². The van der Waals surface area contributed by atoms with E-state index >= 15 is 0 Å². The van der Waals surface area contributed by atoms with E-state index < -0.39 is 6.09 Å². The van der Waals surface area contributed by atoms with Crippen LogP contribution in [0.3, 0.4) is 0 Å². The van der Waals surface area contributed by atoms with Gasteiger partial charge in [-0.25, -0.2) is 4.79 Å². The van der Waals surface area contributed by atoms with Crippen molar-refractivity contribution in [3.05, 3.63) is 48.6 Å². The van der Waals surface area contributed by atoms with Gasteiger partial charge >= 0.3 is 6.09 Å². The molecule has 1 N–H and O–H groups in total. The van der Waals surface area contributed by atoms with Crippen molar-refractivity contribution in [2.24, 2.45) is 0 Å². The van der Waals surface area contributed by atoms with E-state index in [1.807, 2.05) is 30.3 Å². The third-order valence-corrected chi connectivity index (χ3v) is 1.85. The fourth-order valence-electron chi connectivity index (χ4n) is 1.01. The maximum absolute atomic E-state index is 11.1. The van der Waals surface area contributed by atoms with E-state index in [9.17, 15) is 9.59 Å². The molecule has 0 radical (unpaired) electrons. The highest BCUT2D eigenvalue weighted by Gasteiger charge is 2.03. The molecule has 1 rings (SSSR count). The summed E-state index contributed by atoms with van der Waals surface area (Å²) in [6, 6.07) is 9.30. The number of alkyl carbamates (subject to hydrolysis) is 1. The molecule has 4 heteroatoms. The zero-order valence-corrected chi connectivity index (χ0v) is 8.81. The zero-order chi connectivity index (χ0) is 11.8. The Morgan fingerprint density at radius 1 is 1.31 bits per heavy atom. The first-order valence-electron chi connectivity index (χ1n) is 4.82. The molecule has 16 heavy (non-hydrogen) atoms. The standard InChI is InChI=1S/C12H13NO3/c1-2-11(14)8-13-12(15)16-9-10-6-4-3-5-7-10/h2-7H,1,8-9H2,(H,13,15). The molecule has 0 heterocycles. The van der Waals surface area contributed by atoms with Crippen LogP contribution in [0.4, 0.5) is 4.79 Å². The first-order chi connectivity index (χ1) is 7.72. The number of rotatable bonds is 5. The van der Waals surface area contributed by atoms with Gasteiger partial charge in [-0.3, -0.25) is 4.79 Å². The molecular formula is C12H13NO3. The van der Waals surface area contributed by atoms with Gasteiger partial charge in [0.25, 0.3) is 0 Å². The van der Waals surface area contributed by atoms with Crippen molar-refractivity contribution in [3.63, 3.8) is 0 Å². The fraction of sp³-hybridized carbons (Fsp3) is 0.167. The van der Waals surface area contributed by atoms with Gasteiger partial charge in [0.1, 0.15) is 6.61 Å². The Balaban J connectivity index is 2.25. The van der Waals surface area contributed by atoms with Gasteiger partial charge < -0.3 is 10.1 Å². The smallest absolute Gasteiger partial charge is 0.407 e. The van der Waals surface area contributed by atoms with E-state index in [4.69, 9.17) is 4.74 Å². The Labute approximate surface area is 93.9 Å². The highest BCUT2D eigenvalue weighted by Crippen LogP contribution is 2.00. The molecule has 0 unspecified atom stereocenters. The van der Waals surface area contributed by atoms with E-state index in [0.29, 0.717) is 0 Å². The largest absolute Gasteiger partial charge is 0.445 e. The normalized spacial score (nSPS) is 9.25. The summed E-state index contributed by atoms with van der Waals surface area (Å²) >= 11 is 0. The van der Waals surface area contributed by atoms with Crippen LogP contribution >= 0.6 is 0 Å². The van der Waals surface area contributed by atoms with Crippen molar-refractivity contribution in [2.75, 3.05) is 6.54 Å². The summed E-state index contributed by atoms with van der Waals surface area (Å²) in [6.45, 7) is 3.39. The minimum atomic E-state index is -0.612. The molecule has 1 amide bonds. The number of carbonyl (C=O) groups excluding carboxylic acids is 2. The number of carbonyl (C=O) groups is 2. The molecular weight excluding hydrogens is 206 g/mol. The number of hydrogen-bond donors (Lipinski definition) is 1. The average molecular weight is 219 g/mol. The number of benzene rings is 1. The maximum atomic E-state index is 11.1. The molecule has 0 aliphatic heterocycles. The topological polar surface area (TPSA) is 55.4 Å². The van der Waals surface area contributed by atoms with Crippen molar-refractivity contribution in [3.8, 4) is 0 Å². The van der Waals surface area contributed by atoms with Gasteiger partial charge in [0.15, 0.2) is 5.78 Å². The summed E-state index contributed by atoms with van der Waals surface area (Å²) < 4.78 is 4.89. The van der Waals surface area contributed by atoms with Gasteiger partial charge in [0.2, 0.25) is 0 Å². The van der Waals surface area contributed by atoms with Gasteiger partial charge in [-0.1, -0.05) is 36.9 Å². The summed E-state index contributed by atoms with van der Waals surface area (Å²) in [6.07, 6.45) is 0.538. The zero-order valence-electron chi connectivity index (χ0n) is 8.81. The van der Waals surface area contributed by atoms with Crippen LogP contribution in [0.25, 0.3) is 0 Å². The number of nitrogens with one attached hydrogen (secondary N) is 1. The summed E-state index contributed by atoms with van der Waals surface area (Å²) in [5.41, 5.74) is 0.896. The second-order valence-electron chi connectivity index (χ2n) is 3.09. The van der Waals surface area contributed by atoms with Gasteiger partial charge in [0, 0.05) is 0 Å². The second-order valence-corrected chi connectivity index (χ2v) is 3.09. The summed E-state index contributed by atoms with van der Waals surface area (Å²) in [4.78, 5) is 21.9. The predicted octanol–water partition coefficient (Wildman–Crippen LogP) is 1.67. The third-order valence-electron chi connectivity index (χ3n) is 1.85. The summed E-state index contributed by atoms with van der Waals surface area (Å²) in [5, 5.41) is 2.32. The molecule has 0 aliphatic rings. The van der Waals surface area contributed by atoms with E-state index in [2.05, 4.69) is 11.9 Å². The Morgan fingerprint density at radius 3 is 2.62 bits per heavy atom. The quantitative estimate of drug-likeness (QED) is 0.766. The van der Waals surface area contributed by atoms with Gasteiger partial charge in [-0.2, -0.15) is 0 Å². The van der Waals surface area contributed by atoms with Crippen LogP contribution in [0.2, 0.25) is 0 Å². The molecule has 1 aromatic rings. The number of amides is 1. The van der Waals surface area contributed by atoms with Gasteiger partial charge in [0.05, 0.1) is 6.54 Å². The minimum Gasteiger partial charge on any atom is -0.445 e. The van der Waals surface area contributed by atoms with Crippen molar-refractivity contribution in [1.82, 2.24) is 5.32 Å². The fourth-order valence-corrected chi connectivity index (χ4v) is 1.01. The molecule has 0 atom stereocenters. The SMILES string of the molecule is C=CC(=O)CNC(=O)OCc1ccccc1. The molecule has 1 aromatic carbocycles. The van der Waals surface area contributed by atoms with Crippen LogP contribution in [-0.4, -0.2) is 18.4 Å². The predicted molar refractivity (Wildman–Crippen MR) is 59.8 cm³/mol. The summed E-state index contributed by atoms with van der Waals surface area (Å²) in [5.74, 6) is -0.253. The molecule has 0 bridgehead atoms. The first-order valence-corrected chi connectivity index (χ1v) is 4.82. The Hall–Kier alpha value is -2.10. The molecule has 0 saturated heterocycles. The van der Waals surface area contributed by atoms with Crippen LogP contribution < -0.4 is 5.32 Å². The van der Waals surface area contributed by atoms with Gasteiger partial charge in [-0.15, -0.1) is 0 Å². The van der Waals surface area contributed by atoms with Crippen molar-refractivity contribution < 1.29 is 14.3 Å². The molecule has 84 valence electrons. The van der Waals surface area contributed by atoms with Crippen LogP contribution in [0, 0.1) is 0 Å². The molecule has 4 nitrogen and oxygen atoms in total. The van der Waals surface area contributed by atoms with Crippen LogP contribution in [0.5, 0.6) is 0 Å². The van der Waals surface area contributed by atoms with Crippen LogP contribution in [0.1, 0.15) is 5.56 Å². The monoisotopic (exact) mass is 219 g/mol. The number of ether oxygens (including phenoxy) is 1. The Morgan fingerprint density at radius 2 is 2.00 bits per heavy atom. The Kier molecular flexibility index (Phi) is 4.79. The van der Waals surface area contributed by atoms with Crippen LogP contribution in [-0.2, 0) is 16.1 Å². The lowest BCUT2D eigenvalue weighted by Crippen LogP contribution is -2.29. The maximum Gasteiger partial charge on any atom is 0.407 e. The highest BCUT2D eigenvalue weighted by atomic mass is 16.5. The van der Waals surface area contributed by atoms with E-state index in [-0.39, 0.29) is 18.9 Å². The molecule has 0 aliphatic carbocycles. The van der Waals surface area contributed by atoms with Crippen molar-refractivity contribution in [1.29, 1.82) is 0 Å². The first kappa shape index (κ1) is 12.0. The van der Waals surface area contributed by atoms with Crippen molar-refractivity contribution >= 4 is 11.9 Å². The van der Waals surface area contributed by atoms with E-state index in [1.54, 1.807) is 0 Å². The lowest BCUT2D eigenvalue weighted by Gasteiger charge is -2.05. The third kappa shape index (κ3) is 4.41. The molecule has 0 aromatic heterocycles. The highest BCUT2D eigenvalue weighted by molar-refractivity contribution is 5.92. The van der Waals surface area contributed by atoms with Gasteiger partial charge in [-0.05, 0) is 11.6 Å². The Bertz CT molecular complexity index is 373.